The molecule has 2 aromatic heterocycles. The van der Waals surface area contributed by atoms with Gasteiger partial charge in [-0.3, -0.25) is 24.7 Å². The number of carbonyl (C=O) groups excluding carboxylic acids is 1. The summed E-state index contributed by atoms with van der Waals surface area (Å²) in [6.45, 7) is -0.760. The smallest absolute Gasteiger partial charge is 0.327 e. The molecule has 13 heteroatoms. The fourth-order valence-electron chi connectivity index (χ4n) is 1.58. The van der Waals surface area contributed by atoms with Crippen LogP contribution in [0.2, 0.25) is 0 Å². The second-order valence-corrected chi connectivity index (χ2v) is 4.60. The molecular weight excluding hydrogens is 332 g/mol. The highest BCUT2D eigenvalue weighted by Gasteiger charge is 2.29. The average molecular weight is 348 g/mol. The van der Waals surface area contributed by atoms with E-state index in [-0.39, 0.29) is 17.5 Å². The number of H-pyrrole nitrogens is 4. The van der Waals surface area contributed by atoms with Crippen LogP contribution in [-0.4, -0.2) is 82.8 Å². The van der Waals surface area contributed by atoms with E-state index in [1.165, 1.54) is 0 Å². The first kappa shape index (κ1) is 19.5. The van der Waals surface area contributed by atoms with E-state index in [4.69, 9.17) is 25.5 Å². The molecule has 0 bridgehead atoms. The Labute approximate surface area is 131 Å². The zero-order chi connectivity index (χ0) is 18.4. The molecular formula is C11H16N4O9. The van der Waals surface area contributed by atoms with Crippen molar-refractivity contribution in [1.29, 1.82) is 0 Å². The van der Waals surface area contributed by atoms with E-state index in [0.717, 1.165) is 0 Å². The molecule has 0 amide bonds. The van der Waals surface area contributed by atoms with Gasteiger partial charge in [-0.1, -0.05) is 0 Å². The normalized spacial score (nSPS) is 15.9. The molecule has 0 saturated heterocycles. The van der Waals surface area contributed by atoms with Crippen LogP contribution in [-0.2, 0) is 4.79 Å². The summed E-state index contributed by atoms with van der Waals surface area (Å²) in [6, 6.07) is 0. The van der Waals surface area contributed by atoms with Crippen LogP contribution in [0.15, 0.2) is 14.4 Å². The van der Waals surface area contributed by atoms with Crippen molar-refractivity contribution in [2.45, 2.75) is 24.4 Å². The molecule has 0 spiro atoms. The van der Waals surface area contributed by atoms with Gasteiger partial charge in [-0.05, 0) is 0 Å². The average Bonchev–Trinajstić information content (AvgIpc) is 2.93. The molecule has 0 aliphatic carbocycles. The molecule has 0 aromatic carbocycles. The van der Waals surface area contributed by atoms with E-state index in [0.29, 0.717) is 0 Å². The first-order valence-corrected chi connectivity index (χ1v) is 6.44. The van der Waals surface area contributed by atoms with Crippen LogP contribution < -0.4 is 16.9 Å². The maximum atomic E-state index is 10.9. The van der Waals surface area contributed by atoms with Crippen LogP contribution in [0.25, 0.3) is 11.2 Å². The predicted molar refractivity (Wildman–Crippen MR) is 77.3 cm³/mol. The van der Waals surface area contributed by atoms with Crippen molar-refractivity contribution in [1.82, 2.24) is 19.9 Å². The van der Waals surface area contributed by atoms with Gasteiger partial charge in [0, 0.05) is 0 Å². The molecule has 24 heavy (non-hydrogen) atoms. The zero-order valence-electron chi connectivity index (χ0n) is 12.0. The van der Waals surface area contributed by atoms with Gasteiger partial charge in [0.2, 0.25) is 0 Å². The van der Waals surface area contributed by atoms with Gasteiger partial charge < -0.3 is 30.3 Å². The molecule has 134 valence electrons. The van der Waals surface area contributed by atoms with Crippen molar-refractivity contribution < 1.29 is 30.3 Å². The van der Waals surface area contributed by atoms with Gasteiger partial charge in [0.15, 0.2) is 6.29 Å². The molecule has 4 atom stereocenters. The summed E-state index contributed by atoms with van der Waals surface area (Å²) in [5.41, 5.74) is -1.65. The lowest BCUT2D eigenvalue weighted by Crippen LogP contribution is -2.46. The summed E-state index contributed by atoms with van der Waals surface area (Å²) < 4.78 is 0. The van der Waals surface area contributed by atoms with Gasteiger partial charge in [-0.2, -0.15) is 0 Å². The van der Waals surface area contributed by atoms with Gasteiger partial charge in [0.1, 0.15) is 35.6 Å². The number of aromatic amines is 4. The maximum absolute atomic E-state index is 10.9. The number of imidazole rings is 1. The van der Waals surface area contributed by atoms with E-state index in [2.05, 4.69) is 15.0 Å². The van der Waals surface area contributed by atoms with E-state index < -0.39 is 48.0 Å². The number of fused-ring (bicyclic) bond motifs is 1. The van der Waals surface area contributed by atoms with Crippen LogP contribution in [0.5, 0.6) is 0 Å². The Morgan fingerprint density at radius 1 is 0.875 bits per heavy atom. The minimum atomic E-state index is -1.79. The number of nitrogens with one attached hydrogen (secondary N) is 4. The Balaban J connectivity index is 0.000000240. The third-order valence-corrected chi connectivity index (χ3v) is 2.84. The Hall–Kier alpha value is -2.58. The van der Waals surface area contributed by atoms with Crippen LogP contribution in [0.1, 0.15) is 0 Å². The highest BCUT2D eigenvalue weighted by Crippen LogP contribution is 2.02. The quantitative estimate of drug-likeness (QED) is 0.235. The zero-order valence-corrected chi connectivity index (χ0v) is 12.0. The highest BCUT2D eigenvalue weighted by atomic mass is 16.4. The van der Waals surface area contributed by atoms with Crippen LogP contribution in [0, 0.1) is 0 Å². The van der Waals surface area contributed by atoms with Crippen molar-refractivity contribution in [3.8, 4) is 0 Å². The molecule has 0 fully saturated rings. The van der Waals surface area contributed by atoms with E-state index in [1.54, 1.807) is 0 Å². The number of aliphatic hydroxyl groups is 5. The largest absolute Gasteiger partial charge is 0.394 e. The lowest BCUT2D eigenvalue weighted by molar-refractivity contribution is -0.136. The molecule has 0 saturated carbocycles. The highest BCUT2D eigenvalue weighted by molar-refractivity contribution is 5.67. The second kappa shape index (κ2) is 8.32. The van der Waals surface area contributed by atoms with E-state index in [1.807, 2.05) is 4.98 Å². The Bertz CT molecular complexity index is 834. The number of hydrogen-bond acceptors (Lipinski definition) is 9. The standard InChI is InChI=1S/C6H12O6.C5H4N4O3/c7-1-3(9)5(11)6(12)4(10)2-8;10-3-1-2(7-4(11)6-1)8-5(12)9-3/h1,3-6,8-12H,2H2;(H4,6,7,8,9,10,11,12). The number of aromatic nitrogens is 4. The molecule has 2 heterocycles. The summed E-state index contributed by atoms with van der Waals surface area (Å²) in [5.74, 6) is 0. The SMILES string of the molecule is O=CC(O)C(O)C(O)C(O)CO.O=c1[nH]c(=O)c2[nH]c(=O)[nH]c2[nH]1. The lowest BCUT2D eigenvalue weighted by Gasteiger charge is -2.22. The molecule has 0 aliphatic heterocycles. The first-order valence-electron chi connectivity index (χ1n) is 6.44. The summed E-state index contributed by atoms with van der Waals surface area (Å²) >= 11 is 0. The molecule has 0 radical (unpaired) electrons. The topological polar surface area (TPSA) is 233 Å². The Morgan fingerprint density at radius 3 is 1.92 bits per heavy atom. The summed E-state index contributed by atoms with van der Waals surface area (Å²) in [7, 11) is 0. The Kier molecular flexibility index (Phi) is 6.75. The summed E-state index contributed by atoms with van der Waals surface area (Å²) in [6.07, 6.45) is -6.84. The lowest BCUT2D eigenvalue weighted by atomic mass is 10.0. The van der Waals surface area contributed by atoms with Crippen molar-refractivity contribution >= 4 is 17.5 Å². The molecule has 2 rings (SSSR count). The van der Waals surface area contributed by atoms with Crippen molar-refractivity contribution in [3.63, 3.8) is 0 Å². The van der Waals surface area contributed by atoms with Crippen LogP contribution >= 0.6 is 0 Å². The third kappa shape index (κ3) is 4.71. The summed E-state index contributed by atoms with van der Waals surface area (Å²) in [4.78, 5) is 50.9. The molecule has 13 nitrogen and oxygen atoms in total. The minimum Gasteiger partial charge on any atom is -0.394 e. The number of aliphatic hydroxyl groups excluding tert-OH is 5. The summed E-state index contributed by atoms with van der Waals surface area (Å²) in [5, 5.41) is 43.5. The fourth-order valence-corrected chi connectivity index (χ4v) is 1.58. The number of carbonyl (C=O) groups is 1. The fraction of sp³-hybridized carbons (Fsp3) is 0.455. The molecule has 0 aliphatic rings. The molecule has 9 N–H and O–H groups in total. The predicted octanol–water partition coefficient (Wildman–Crippen LogP) is -5.15. The number of aldehydes is 1. The van der Waals surface area contributed by atoms with Gasteiger partial charge in [-0.25, -0.2) is 9.59 Å². The first-order chi connectivity index (χ1) is 11.2. The van der Waals surface area contributed by atoms with Gasteiger partial charge in [0.05, 0.1) is 6.61 Å². The van der Waals surface area contributed by atoms with Crippen molar-refractivity contribution in [2.24, 2.45) is 0 Å². The second-order valence-electron chi connectivity index (χ2n) is 4.60. The van der Waals surface area contributed by atoms with E-state index in [9.17, 15) is 19.2 Å². The number of rotatable bonds is 5. The number of hydrogen-bond donors (Lipinski definition) is 9. The van der Waals surface area contributed by atoms with Gasteiger partial charge in [-0.15, -0.1) is 0 Å². The van der Waals surface area contributed by atoms with Crippen molar-refractivity contribution in [2.75, 3.05) is 6.61 Å². The third-order valence-electron chi connectivity index (χ3n) is 2.84. The monoisotopic (exact) mass is 348 g/mol. The molecule has 2 aromatic rings. The Morgan fingerprint density at radius 2 is 1.42 bits per heavy atom. The van der Waals surface area contributed by atoms with Gasteiger partial charge in [0.25, 0.3) is 5.56 Å². The minimum absolute atomic E-state index is 0.0258. The van der Waals surface area contributed by atoms with Crippen LogP contribution in [0.3, 0.4) is 0 Å². The maximum Gasteiger partial charge on any atom is 0.327 e. The van der Waals surface area contributed by atoms with Gasteiger partial charge >= 0.3 is 11.4 Å². The molecule has 4 unspecified atom stereocenters. The van der Waals surface area contributed by atoms with Crippen LogP contribution in [0.4, 0.5) is 0 Å². The van der Waals surface area contributed by atoms with Crippen molar-refractivity contribution in [3.05, 3.63) is 31.3 Å². The van der Waals surface area contributed by atoms with E-state index >= 15 is 0 Å².